The predicted octanol–water partition coefficient (Wildman–Crippen LogP) is 3.64. The van der Waals surface area contributed by atoms with Gasteiger partial charge in [0, 0.05) is 5.56 Å². The highest BCUT2D eigenvalue weighted by Crippen LogP contribution is 2.25. The first-order valence-electron chi connectivity index (χ1n) is 6.63. The summed E-state index contributed by atoms with van der Waals surface area (Å²) in [6.45, 7) is 0. The van der Waals surface area contributed by atoms with Gasteiger partial charge in [0.25, 0.3) is 0 Å². The summed E-state index contributed by atoms with van der Waals surface area (Å²) in [6.07, 6.45) is 1.90. The van der Waals surface area contributed by atoms with Crippen LogP contribution in [0.1, 0.15) is 0 Å². The van der Waals surface area contributed by atoms with Crippen LogP contribution in [0.3, 0.4) is 0 Å². The highest BCUT2D eigenvalue weighted by atomic mass is 32.2. The maximum Gasteiger partial charge on any atom is 0.224 e. The molecule has 0 aliphatic carbocycles. The average Bonchev–Trinajstić information content (AvgIpc) is 2.56. The van der Waals surface area contributed by atoms with Crippen LogP contribution in [-0.2, 0) is 0 Å². The van der Waals surface area contributed by atoms with E-state index in [0.717, 1.165) is 17.1 Å². The smallest absolute Gasteiger partial charge is 0.224 e. The zero-order chi connectivity index (χ0) is 15.4. The number of anilines is 1. The van der Waals surface area contributed by atoms with E-state index in [0.29, 0.717) is 11.0 Å². The van der Waals surface area contributed by atoms with Crippen molar-refractivity contribution < 1.29 is 4.74 Å². The van der Waals surface area contributed by atoms with Crippen molar-refractivity contribution >= 4 is 17.7 Å². The molecule has 2 aromatic carbocycles. The van der Waals surface area contributed by atoms with Gasteiger partial charge in [0.05, 0.1) is 0 Å². The van der Waals surface area contributed by atoms with E-state index in [1.165, 1.54) is 11.8 Å². The molecule has 1 aromatic heterocycles. The lowest BCUT2D eigenvalue weighted by Gasteiger charge is -2.07. The molecule has 0 fully saturated rings. The van der Waals surface area contributed by atoms with Gasteiger partial charge < -0.3 is 10.5 Å². The number of rotatable bonds is 4. The molecule has 5 nitrogen and oxygen atoms in total. The third-order valence-electron chi connectivity index (χ3n) is 2.91. The third-order valence-corrected chi connectivity index (χ3v) is 3.45. The van der Waals surface area contributed by atoms with Gasteiger partial charge in [0.2, 0.25) is 5.95 Å². The fourth-order valence-electron chi connectivity index (χ4n) is 1.89. The van der Waals surface area contributed by atoms with Crippen LogP contribution in [0.25, 0.3) is 11.4 Å². The fourth-order valence-corrected chi connectivity index (χ4v) is 2.25. The van der Waals surface area contributed by atoms with Gasteiger partial charge in [-0.15, -0.1) is 0 Å². The zero-order valence-electron chi connectivity index (χ0n) is 11.9. The number of nitrogens with zero attached hydrogens (tertiary/aromatic N) is 3. The zero-order valence-corrected chi connectivity index (χ0v) is 12.7. The Balaban J connectivity index is 1.84. The van der Waals surface area contributed by atoms with E-state index in [2.05, 4.69) is 15.0 Å². The lowest BCUT2D eigenvalue weighted by molar-refractivity contribution is 0.483. The van der Waals surface area contributed by atoms with Gasteiger partial charge in [0.1, 0.15) is 11.5 Å². The SMILES string of the molecule is CSc1nc(N)nc(-c2ccc(Oc3ccccc3)cc2)n1. The molecule has 0 unspecified atom stereocenters. The van der Waals surface area contributed by atoms with Crippen molar-refractivity contribution in [2.75, 3.05) is 12.0 Å². The summed E-state index contributed by atoms with van der Waals surface area (Å²) < 4.78 is 5.76. The van der Waals surface area contributed by atoms with Crippen LogP contribution in [-0.4, -0.2) is 21.2 Å². The van der Waals surface area contributed by atoms with E-state index in [9.17, 15) is 0 Å². The minimum absolute atomic E-state index is 0.221. The number of nitrogens with two attached hydrogens (primary N) is 1. The van der Waals surface area contributed by atoms with Crippen molar-refractivity contribution in [2.24, 2.45) is 0 Å². The summed E-state index contributed by atoms with van der Waals surface area (Å²) in [5, 5.41) is 0.604. The highest BCUT2D eigenvalue weighted by Gasteiger charge is 2.07. The fraction of sp³-hybridized carbons (Fsp3) is 0.0625. The number of aromatic nitrogens is 3. The molecule has 3 rings (SSSR count). The summed E-state index contributed by atoms with van der Waals surface area (Å²) in [7, 11) is 0. The Morgan fingerprint density at radius 3 is 2.23 bits per heavy atom. The quantitative estimate of drug-likeness (QED) is 0.742. The van der Waals surface area contributed by atoms with Gasteiger partial charge in [0.15, 0.2) is 11.0 Å². The second-order valence-electron chi connectivity index (χ2n) is 4.44. The van der Waals surface area contributed by atoms with E-state index >= 15 is 0 Å². The van der Waals surface area contributed by atoms with Crippen LogP contribution in [0.15, 0.2) is 59.8 Å². The van der Waals surface area contributed by atoms with Crippen LogP contribution in [0, 0.1) is 0 Å². The molecule has 22 heavy (non-hydrogen) atoms. The molecular formula is C16H14N4OS. The number of para-hydroxylation sites is 1. The topological polar surface area (TPSA) is 73.9 Å². The van der Waals surface area contributed by atoms with Gasteiger partial charge in [-0.3, -0.25) is 0 Å². The lowest BCUT2D eigenvalue weighted by atomic mass is 10.2. The Hall–Kier alpha value is -2.60. The summed E-state index contributed by atoms with van der Waals surface area (Å²) in [6, 6.07) is 17.2. The van der Waals surface area contributed by atoms with Crippen molar-refractivity contribution in [1.82, 2.24) is 15.0 Å². The summed E-state index contributed by atoms with van der Waals surface area (Å²) in [4.78, 5) is 12.6. The Morgan fingerprint density at radius 1 is 0.864 bits per heavy atom. The molecule has 6 heteroatoms. The van der Waals surface area contributed by atoms with Gasteiger partial charge in [-0.05, 0) is 42.7 Å². The molecule has 0 atom stereocenters. The van der Waals surface area contributed by atoms with E-state index < -0.39 is 0 Å². The van der Waals surface area contributed by atoms with Gasteiger partial charge in [-0.25, -0.2) is 4.98 Å². The Kier molecular flexibility index (Phi) is 4.20. The van der Waals surface area contributed by atoms with E-state index in [1.54, 1.807) is 0 Å². The molecule has 0 radical (unpaired) electrons. The summed E-state index contributed by atoms with van der Waals surface area (Å²) >= 11 is 1.43. The second-order valence-corrected chi connectivity index (χ2v) is 5.22. The molecule has 0 saturated heterocycles. The summed E-state index contributed by atoms with van der Waals surface area (Å²) in [5.74, 6) is 2.33. The van der Waals surface area contributed by atoms with Crippen molar-refractivity contribution in [3.63, 3.8) is 0 Å². The molecule has 0 bridgehead atoms. The van der Waals surface area contributed by atoms with Crippen LogP contribution in [0.2, 0.25) is 0 Å². The molecule has 2 N–H and O–H groups in total. The van der Waals surface area contributed by atoms with Crippen LogP contribution in [0.4, 0.5) is 5.95 Å². The minimum atomic E-state index is 0.221. The molecule has 3 aromatic rings. The van der Waals surface area contributed by atoms with Crippen molar-refractivity contribution in [3.05, 3.63) is 54.6 Å². The predicted molar refractivity (Wildman–Crippen MR) is 88.0 cm³/mol. The van der Waals surface area contributed by atoms with Crippen LogP contribution >= 0.6 is 11.8 Å². The Labute approximate surface area is 132 Å². The molecule has 0 aliphatic heterocycles. The molecule has 0 aliphatic rings. The van der Waals surface area contributed by atoms with E-state index in [-0.39, 0.29) is 5.95 Å². The van der Waals surface area contributed by atoms with Gasteiger partial charge in [-0.1, -0.05) is 30.0 Å². The van der Waals surface area contributed by atoms with Crippen LogP contribution < -0.4 is 10.5 Å². The number of thioether (sulfide) groups is 1. The minimum Gasteiger partial charge on any atom is -0.457 e. The normalized spacial score (nSPS) is 10.4. The average molecular weight is 310 g/mol. The van der Waals surface area contributed by atoms with Crippen LogP contribution in [0.5, 0.6) is 11.5 Å². The van der Waals surface area contributed by atoms with Crippen molar-refractivity contribution in [3.8, 4) is 22.9 Å². The number of nitrogen functional groups attached to an aromatic ring is 1. The van der Waals surface area contributed by atoms with Crippen molar-refractivity contribution in [2.45, 2.75) is 5.16 Å². The van der Waals surface area contributed by atoms with Gasteiger partial charge >= 0.3 is 0 Å². The number of hydrogen-bond acceptors (Lipinski definition) is 6. The van der Waals surface area contributed by atoms with Crippen molar-refractivity contribution in [1.29, 1.82) is 0 Å². The first kappa shape index (κ1) is 14.3. The standard InChI is InChI=1S/C16H14N4OS/c1-22-16-19-14(18-15(17)20-16)11-7-9-13(10-8-11)21-12-5-3-2-4-6-12/h2-10H,1H3,(H2,17,18,19,20). The number of hydrogen-bond donors (Lipinski definition) is 1. The number of benzene rings is 2. The first-order valence-corrected chi connectivity index (χ1v) is 7.86. The maximum atomic E-state index is 5.76. The third kappa shape index (κ3) is 3.35. The molecular weight excluding hydrogens is 296 g/mol. The van der Waals surface area contributed by atoms with Gasteiger partial charge in [-0.2, -0.15) is 9.97 Å². The molecule has 0 saturated carbocycles. The molecule has 110 valence electrons. The molecule has 1 heterocycles. The second kappa shape index (κ2) is 6.44. The Bertz CT molecular complexity index is 763. The lowest BCUT2D eigenvalue weighted by Crippen LogP contribution is -2.01. The first-order chi connectivity index (χ1) is 10.7. The Morgan fingerprint density at radius 2 is 1.55 bits per heavy atom. The molecule has 0 amide bonds. The maximum absolute atomic E-state index is 5.76. The number of ether oxygens (including phenoxy) is 1. The van der Waals surface area contributed by atoms with E-state index in [4.69, 9.17) is 10.5 Å². The van der Waals surface area contributed by atoms with E-state index in [1.807, 2.05) is 60.9 Å². The largest absolute Gasteiger partial charge is 0.457 e. The summed E-state index contributed by atoms with van der Waals surface area (Å²) in [5.41, 5.74) is 6.57. The monoisotopic (exact) mass is 310 g/mol. The highest BCUT2D eigenvalue weighted by molar-refractivity contribution is 7.98. The molecule has 0 spiro atoms.